The normalized spacial score (nSPS) is 32.8. The molecule has 0 radical (unpaired) electrons. The number of benzene rings is 1. The number of hydrogen-bond donors (Lipinski definition) is 0. The number of ether oxygens (including phenoxy) is 1. The Morgan fingerprint density at radius 1 is 0.968 bits per heavy atom. The summed E-state index contributed by atoms with van der Waals surface area (Å²) in [5.74, 6) is 0.960. The molecule has 1 aliphatic carbocycles. The van der Waals surface area contributed by atoms with Crippen LogP contribution >= 0.6 is 11.8 Å². The van der Waals surface area contributed by atoms with Gasteiger partial charge < -0.3 is 14.5 Å². The average molecular weight is 445 g/mol. The van der Waals surface area contributed by atoms with Crippen LogP contribution in [-0.2, 0) is 0 Å². The molecule has 3 heterocycles. The first kappa shape index (κ1) is 22.0. The van der Waals surface area contributed by atoms with Gasteiger partial charge in [0.05, 0.1) is 7.11 Å². The van der Waals surface area contributed by atoms with Crippen molar-refractivity contribution >= 4 is 11.8 Å². The number of likely N-dealkylation sites (N-methyl/N-ethyl adjacent to an activating group) is 1. The molecule has 3 aliphatic heterocycles. The number of piperazine rings is 1. The minimum atomic E-state index is 0.517. The van der Waals surface area contributed by atoms with Crippen LogP contribution in [0.4, 0.5) is 0 Å². The number of fused-ring (bicyclic) bond motifs is 3. The van der Waals surface area contributed by atoms with E-state index in [1.54, 1.807) is 7.11 Å². The highest BCUT2D eigenvalue weighted by atomic mass is 32.2. The highest BCUT2D eigenvalue weighted by Gasteiger charge is 2.51. The molecule has 6 heteroatoms. The molecule has 0 amide bonds. The molecule has 4 fully saturated rings. The largest absolute Gasteiger partial charge is 0.497 e. The molecule has 1 aromatic rings. The van der Waals surface area contributed by atoms with Crippen LogP contribution in [0.25, 0.3) is 0 Å². The van der Waals surface area contributed by atoms with E-state index in [0.717, 1.165) is 17.0 Å². The van der Waals surface area contributed by atoms with Gasteiger partial charge in [0.2, 0.25) is 0 Å². The zero-order valence-electron chi connectivity index (χ0n) is 19.4. The Bertz CT molecular complexity index is 708. The maximum atomic E-state index is 5.41. The summed E-state index contributed by atoms with van der Waals surface area (Å²) in [6, 6.07) is 10.2. The van der Waals surface area contributed by atoms with E-state index in [1.165, 1.54) is 90.0 Å². The van der Waals surface area contributed by atoms with E-state index >= 15 is 0 Å². The van der Waals surface area contributed by atoms with E-state index < -0.39 is 0 Å². The molecule has 0 spiro atoms. The fourth-order valence-electron chi connectivity index (χ4n) is 6.16. The van der Waals surface area contributed by atoms with Crippen molar-refractivity contribution in [3.05, 3.63) is 29.8 Å². The van der Waals surface area contributed by atoms with Crippen LogP contribution in [0.2, 0.25) is 0 Å². The van der Waals surface area contributed by atoms with Crippen LogP contribution in [0.1, 0.15) is 50.6 Å². The van der Waals surface area contributed by atoms with Crippen molar-refractivity contribution in [2.75, 3.05) is 59.5 Å². The minimum Gasteiger partial charge on any atom is -0.497 e. The highest BCUT2D eigenvalue weighted by Crippen LogP contribution is 2.50. The standard InChI is InChI=1S/C25H40N4OS/c1-3-26-15-17-27(18-16-26)13-6-14-28-23(20-9-11-21(30-2)12-10-20)19-29-22-7-4-5-8-24(22)31-25(28)29/h9-12,22-25H,3-8,13-19H2,1-2H3. The van der Waals surface area contributed by atoms with Crippen molar-refractivity contribution in [1.29, 1.82) is 0 Å². The van der Waals surface area contributed by atoms with Crippen molar-refractivity contribution < 1.29 is 4.74 Å². The summed E-state index contributed by atoms with van der Waals surface area (Å²) in [6.07, 6.45) is 6.95. The highest BCUT2D eigenvalue weighted by molar-refractivity contribution is 8.00. The topological polar surface area (TPSA) is 22.2 Å². The Labute approximate surface area is 193 Å². The molecular weight excluding hydrogens is 404 g/mol. The molecule has 0 aromatic heterocycles. The third-order valence-corrected chi connectivity index (χ3v) is 9.73. The molecule has 31 heavy (non-hydrogen) atoms. The summed E-state index contributed by atoms with van der Waals surface area (Å²) in [5.41, 5.74) is 2.04. The lowest BCUT2D eigenvalue weighted by molar-refractivity contribution is 0.123. The summed E-state index contributed by atoms with van der Waals surface area (Å²) in [7, 11) is 1.76. The van der Waals surface area contributed by atoms with Gasteiger partial charge >= 0.3 is 0 Å². The molecule has 4 unspecified atom stereocenters. The summed E-state index contributed by atoms with van der Waals surface area (Å²) < 4.78 is 5.41. The van der Waals surface area contributed by atoms with Gasteiger partial charge in [0.15, 0.2) is 0 Å². The predicted molar refractivity (Wildman–Crippen MR) is 130 cm³/mol. The van der Waals surface area contributed by atoms with Crippen molar-refractivity contribution in [2.45, 2.75) is 61.9 Å². The van der Waals surface area contributed by atoms with Gasteiger partial charge in [-0.25, -0.2) is 0 Å². The van der Waals surface area contributed by atoms with E-state index in [1.807, 2.05) is 0 Å². The fraction of sp³-hybridized carbons (Fsp3) is 0.760. The molecular formula is C25H40N4OS. The number of methoxy groups -OCH3 is 1. The summed E-state index contributed by atoms with van der Waals surface area (Å²) >= 11 is 2.28. The van der Waals surface area contributed by atoms with Gasteiger partial charge in [-0.2, -0.15) is 0 Å². The van der Waals surface area contributed by atoms with E-state index in [0.29, 0.717) is 11.5 Å². The quantitative estimate of drug-likeness (QED) is 0.635. The Morgan fingerprint density at radius 3 is 2.45 bits per heavy atom. The lowest BCUT2D eigenvalue weighted by atomic mass is 9.94. The first-order valence-corrected chi connectivity index (χ1v) is 13.5. The lowest BCUT2D eigenvalue weighted by Gasteiger charge is -2.35. The van der Waals surface area contributed by atoms with E-state index in [9.17, 15) is 0 Å². The Hall–Kier alpha value is -0.790. The Balaban J connectivity index is 1.25. The molecule has 4 aliphatic rings. The van der Waals surface area contributed by atoms with Gasteiger partial charge in [0, 0.05) is 56.6 Å². The van der Waals surface area contributed by atoms with E-state index in [2.05, 4.69) is 62.6 Å². The lowest BCUT2D eigenvalue weighted by Crippen LogP contribution is -2.46. The fourth-order valence-corrected chi connectivity index (χ4v) is 8.06. The number of hydrogen-bond acceptors (Lipinski definition) is 6. The number of rotatable bonds is 7. The van der Waals surface area contributed by atoms with Gasteiger partial charge in [0.25, 0.3) is 0 Å². The molecule has 0 bridgehead atoms. The van der Waals surface area contributed by atoms with Crippen LogP contribution in [0.15, 0.2) is 24.3 Å². The van der Waals surface area contributed by atoms with Crippen LogP contribution in [0, 0.1) is 0 Å². The second-order valence-electron chi connectivity index (χ2n) is 9.71. The Morgan fingerprint density at radius 2 is 1.71 bits per heavy atom. The van der Waals surface area contributed by atoms with E-state index in [-0.39, 0.29) is 0 Å². The van der Waals surface area contributed by atoms with Gasteiger partial charge in [-0.15, -0.1) is 11.8 Å². The molecule has 1 aromatic carbocycles. The van der Waals surface area contributed by atoms with Crippen molar-refractivity contribution in [3.8, 4) is 5.75 Å². The molecule has 0 N–H and O–H groups in total. The minimum absolute atomic E-state index is 0.517. The molecule has 5 nitrogen and oxygen atoms in total. The van der Waals surface area contributed by atoms with Crippen LogP contribution < -0.4 is 4.74 Å². The molecule has 1 saturated carbocycles. The maximum absolute atomic E-state index is 5.41. The maximum Gasteiger partial charge on any atom is 0.118 e. The molecule has 4 atom stereocenters. The van der Waals surface area contributed by atoms with Gasteiger partial charge in [-0.1, -0.05) is 31.9 Å². The monoisotopic (exact) mass is 444 g/mol. The van der Waals surface area contributed by atoms with Crippen LogP contribution in [0.3, 0.4) is 0 Å². The predicted octanol–water partition coefficient (Wildman–Crippen LogP) is 3.72. The van der Waals surface area contributed by atoms with E-state index in [4.69, 9.17) is 4.74 Å². The zero-order valence-corrected chi connectivity index (χ0v) is 20.2. The smallest absolute Gasteiger partial charge is 0.118 e. The van der Waals surface area contributed by atoms with Crippen molar-refractivity contribution in [3.63, 3.8) is 0 Å². The molecule has 3 saturated heterocycles. The van der Waals surface area contributed by atoms with Crippen LogP contribution in [0.5, 0.6) is 5.75 Å². The second kappa shape index (κ2) is 10.0. The second-order valence-corrected chi connectivity index (χ2v) is 11.0. The number of thioether (sulfide) groups is 1. The van der Waals surface area contributed by atoms with Gasteiger partial charge in [-0.3, -0.25) is 9.80 Å². The SMILES string of the molecule is CCN1CCN(CCCN2C(c3ccc(OC)cc3)CN3C4CCCCC4SC23)CC1. The first-order valence-electron chi connectivity index (χ1n) is 12.5. The number of nitrogens with zero attached hydrogens (tertiary/aromatic N) is 4. The third kappa shape index (κ3) is 4.65. The first-order chi connectivity index (χ1) is 15.3. The van der Waals surface area contributed by atoms with Crippen LogP contribution in [-0.4, -0.2) is 95.9 Å². The van der Waals surface area contributed by atoms with Gasteiger partial charge in [-0.05, 0) is 50.0 Å². The average Bonchev–Trinajstić information content (AvgIpc) is 3.36. The third-order valence-electron chi connectivity index (χ3n) is 8.05. The summed E-state index contributed by atoms with van der Waals surface area (Å²) in [6.45, 7) is 12.1. The summed E-state index contributed by atoms with van der Waals surface area (Å²) in [4.78, 5) is 11.0. The van der Waals surface area contributed by atoms with Gasteiger partial charge in [0.1, 0.15) is 11.2 Å². The zero-order chi connectivity index (χ0) is 21.2. The molecule has 172 valence electrons. The molecule has 5 rings (SSSR count). The van der Waals surface area contributed by atoms with Crippen molar-refractivity contribution in [1.82, 2.24) is 19.6 Å². The summed E-state index contributed by atoms with van der Waals surface area (Å²) in [5, 5.41) is 0.861. The van der Waals surface area contributed by atoms with Crippen molar-refractivity contribution in [2.24, 2.45) is 0 Å². The Kier molecular flexibility index (Phi) is 7.11.